The Balaban J connectivity index is 1.90. The number of nitriles is 1. The van der Waals surface area contributed by atoms with Crippen LogP contribution in [-0.4, -0.2) is 6.54 Å². The minimum absolute atomic E-state index is 0.742. The van der Waals surface area contributed by atoms with Crippen LogP contribution in [0.25, 0.3) is 0 Å². The number of hydroxylamine groups is 1. The van der Waals surface area contributed by atoms with Gasteiger partial charge in [0.15, 0.2) is 5.75 Å². The molecule has 18 heavy (non-hydrogen) atoms. The number of para-hydroxylation sites is 1. The lowest BCUT2D eigenvalue weighted by Gasteiger charge is -2.19. The maximum atomic E-state index is 9.07. The molecule has 88 valence electrons. The molecule has 0 atom stereocenters. The van der Waals surface area contributed by atoms with Crippen LogP contribution in [0.5, 0.6) is 5.75 Å². The third kappa shape index (κ3) is 1.78. The highest BCUT2D eigenvalue weighted by atomic mass is 16.7. The van der Waals surface area contributed by atoms with E-state index in [9.17, 15) is 0 Å². The van der Waals surface area contributed by atoms with Crippen molar-refractivity contribution in [2.45, 2.75) is 6.42 Å². The van der Waals surface area contributed by atoms with Crippen molar-refractivity contribution in [3.05, 3.63) is 59.7 Å². The second-order valence-electron chi connectivity index (χ2n) is 4.17. The Hall–Kier alpha value is -2.47. The zero-order valence-electron chi connectivity index (χ0n) is 9.84. The summed E-state index contributed by atoms with van der Waals surface area (Å²) in [5, 5.41) is 10.9. The second kappa shape index (κ2) is 4.42. The van der Waals surface area contributed by atoms with Crippen LogP contribution in [0.2, 0.25) is 0 Å². The Morgan fingerprint density at radius 2 is 1.89 bits per heavy atom. The SMILES string of the molecule is N#Cc1cccc2c1CCN2Oc1ccccc1. The summed E-state index contributed by atoms with van der Waals surface area (Å²) >= 11 is 0. The lowest BCUT2D eigenvalue weighted by Crippen LogP contribution is -2.24. The van der Waals surface area contributed by atoms with Crippen LogP contribution in [0, 0.1) is 11.3 Å². The van der Waals surface area contributed by atoms with E-state index < -0.39 is 0 Å². The van der Waals surface area contributed by atoms with Crippen molar-refractivity contribution in [3.63, 3.8) is 0 Å². The van der Waals surface area contributed by atoms with Gasteiger partial charge in [-0.1, -0.05) is 24.3 Å². The highest BCUT2D eigenvalue weighted by Gasteiger charge is 2.23. The highest BCUT2D eigenvalue weighted by Crippen LogP contribution is 2.31. The topological polar surface area (TPSA) is 36.3 Å². The second-order valence-corrected chi connectivity index (χ2v) is 4.17. The molecule has 0 bridgehead atoms. The fraction of sp³-hybridized carbons (Fsp3) is 0.133. The highest BCUT2D eigenvalue weighted by molar-refractivity contribution is 5.62. The molecule has 0 fully saturated rings. The van der Waals surface area contributed by atoms with Gasteiger partial charge in [0.25, 0.3) is 0 Å². The molecule has 0 amide bonds. The van der Waals surface area contributed by atoms with E-state index in [0.717, 1.165) is 35.5 Å². The first kappa shape index (κ1) is 10.7. The van der Waals surface area contributed by atoms with Gasteiger partial charge in [0.05, 0.1) is 23.9 Å². The Labute approximate surface area is 106 Å². The van der Waals surface area contributed by atoms with Crippen LogP contribution in [0.4, 0.5) is 5.69 Å². The van der Waals surface area contributed by atoms with Crippen LogP contribution >= 0.6 is 0 Å². The first-order valence-corrected chi connectivity index (χ1v) is 5.91. The van der Waals surface area contributed by atoms with E-state index in [1.54, 1.807) is 0 Å². The van der Waals surface area contributed by atoms with E-state index in [2.05, 4.69) is 6.07 Å². The lowest BCUT2D eigenvalue weighted by atomic mass is 10.1. The van der Waals surface area contributed by atoms with Crippen molar-refractivity contribution in [2.24, 2.45) is 0 Å². The number of anilines is 1. The molecule has 3 nitrogen and oxygen atoms in total. The average molecular weight is 236 g/mol. The first-order chi connectivity index (χ1) is 8.88. The Bertz CT molecular complexity index is 602. The summed E-state index contributed by atoms with van der Waals surface area (Å²) in [5.74, 6) is 0.813. The van der Waals surface area contributed by atoms with Crippen molar-refractivity contribution < 1.29 is 4.84 Å². The molecular formula is C15H12N2O. The lowest BCUT2D eigenvalue weighted by molar-refractivity contribution is 0.288. The zero-order chi connectivity index (χ0) is 12.4. The summed E-state index contributed by atoms with van der Waals surface area (Å²) in [6, 6.07) is 17.7. The largest absolute Gasteiger partial charge is 0.380 e. The van der Waals surface area contributed by atoms with Crippen molar-refractivity contribution >= 4 is 5.69 Å². The van der Waals surface area contributed by atoms with E-state index in [4.69, 9.17) is 10.1 Å². The molecular weight excluding hydrogens is 224 g/mol. The van der Waals surface area contributed by atoms with E-state index in [1.165, 1.54) is 0 Å². The predicted molar refractivity (Wildman–Crippen MR) is 69.3 cm³/mol. The third-order valence-corrected chi connectivity index (χ3v) is 3.06. The summed E-state index contributed by atoms with van der Waals surface area (Å²) < 4.78 is 0. The van der Waals surface area contributed by atoms with Gasteiger partial charge in [0.1, 0.15) is 0 Å². The van der Waals surface area contributed by atoms with Gasteiger partial charge in [0, 0.05) is 0 Å². The summed E-state index contributed by atoms with van der Waals surface area (Å²) in [4.78, 5) is 5.83. The summed E-state index contributed by atoms with van der Waals surface area (Å²) in [7, 11) is 0. The van der Waals surface area contributed by atoms with Crippen molar-refractivity contribution in [2.75, 3.05) is 11.6 Å². The molecule has 2 aromatic carbocycles. The van der Waals surface area contributed by atoms with E-state index in [1.807, 2.05) is 53.6 Å². The van der Waals surface area contributed by atoms with Gasteiger partial charge in [-0.15, -0.1) is 0 Å². The number of rotatable bonds is 2. The maximum absolute atomic E-state index is 9.07. The summed E-state index contributed by atoms with van der Waals surface area (Å²) in [6.45, 7) is 0.781. The number of hydrogen-bond donors (Lipinski definition) is 0. The molecule has 0 saturated carbocycles. The molecule has 3 heteroatoms. The summed E-state index contributed by atoms with van der Waals surface area (Å²) in [6.07, 6.45) is 0.853. The van der Waals surface area contributed by atoms with Crippen LogP contribution in [0.1, 0.15) is 11.1 Å². The monoisotopic (exact) mass is 236 g/mol. The van der Waals surface area contributed by atoms with E-state index in [0.29, 0.717) is 0 Å². The van der Waals surface area contributed by atoms with Gasteiger partial charge in [-0.2, -0.15) is 5.26 Å². The van der Waals surface area contributed by atoms with Crippen LogP contribution in [0.15, 0.2) is 48.5 Å². The molecule has 1 heterocycles. The van der Waals surface area contributed by atoms with E-state index >= 15 is 0 Å². The molecule has 0 saturated heterocycles. The predicted octanol–water partition coefficient (Wildman–Crippen LogP) is 2.91. The Kier molecular flexibility index (Phi) is 2.62. The van der Waals surface area contributed by atoms with Crippen molar-refractivity contribution in [1.82, 2.24) is 0 Å². The zero-order valence-corrected chi connectivity index (χ0v) is 9.84. The number of nitrogens with zero attached hydrogens (tertiary/aromatic N) is 2. The fourth-order valence-corrected chi connectivity index (χ4v) is 2.21. The Morgan fingerprint density at radius 1 is 1.06 bits per heavy atom. The molecule has 0 N–H and O–H groups in total. The van der Waals surface area contributed by atoms with Gasteiger partial charge in [-0.3, -0.25) is 0 Å². The minimum Gasteiger partial charge on any atom is -0.380 e. The van der Waals surface area contributed by atoms with Crippen LogP contribution in [-0.2, 0) is 6.42 Å². The smallest absolute Gasteiger partial charge is 0.155 e. The molecule has 0 radical (unpaired) electrons. The number of benzene rings is 2. The van der Waals surface area contributed by atoms with Gasteiger partial charge in [-0.25, -0.2) is 5.06 Å². The van der Waals surface area contributed by atoms with Gasteiger partial charge in [-0.05, 0) is 36.2 Å². The number of hydrogen-bond acceptors (Lipinski definition) is 3. The Morgan fingerprint density at radius 3 is 2.67 bits per heavy atom. The van der Waals surface area contributed by atoms with Crippen molar-refractivity contribution in [1.29, 1.82) is 5.26 Å². The molecule has 0 aliphatic carbocycles. The number of fused-ring (bicyclic) bond motifs is 1. The molecule has 0 aromatic heterocycles. The average Bonchev–Trinajstić information content (AvgIpc) is 2.83. The molecule has 1 aliphatic rings. The summed E-state index contributed by atoms with van der Waals surface area (Å²) in [5.41, 5.74) is 2.82. The van der Waals surface area contributed by atoms with Crippen LogP contribution in [0.3, 0.4) is 0 Å². The molecule has 0 unspecified atom stereocenters. The molecule has 3 rings (SSSR count). The van der Waals surface area contributed by atoms with E-state index in [-0.39, 0.29) is 0 Å². The molecule has 2 aromatic rings. The quantitative estimate of drug-likeness (QED) is 0.804. The van der Waals surface area contributed by atoms with Crippen LogP contribution < -0.4 is 9.90 Å². The third-order valence-electron chi connectivity index (χ3n) is 3.06. The maximum Gasteiger partial charge on any atom is 0.155 e. The molecule has 0 spiro atoms. The normalized spacial score (nSPS) is 12.9. The molecule has 1 aliphatic heterocycles. The minimum atomic E-state index is 0.742. The van der Waals surface area contributed by atoms with Gasteiger partial charge < -0.3 is 4.84 Å². The van der Waals surface area contributed by atoms with Gasteiger partial charge in [0.2, 0.25) is 0 Å². The fourth-order valence-electron chi connectivity index (χ4n) is 2.21. The van der Waals surface area contributed by atoms with Crippen molar-refractivity contribution in [3.8, 4) is 11.8 Å². The van der Waals surface area contributed by atoms with Gasteiger partial charge >= 0.3 is 0 Å². The standard InChI is InChI=1S/C15H12N2O/c16-11-12-5-4-8-15-14(12)9-10-17(15)18-13-6-2-1-3-7-13/h1-8H,9-10H2. The first-order valence-electron chi connectivity index (χ1n) is 5.91.